The molecule has 6 heteroatoms. The van der Waals surface area contributed by atoms with Gasteiger partial charge in [-0.05, 0) is 69.9 Å². The molecule has 1 aliphatic heterocycles. The normalized spacial score (nSPS) is 20.9. The Kier molecular flexibility index (Phi) is 3.36. The molecule has 0 N–H and O–H groups in total. The van der Waals surface area contributed by atoms with Gasteiger partial charge in [0, 0.05) is 6.61 Å². The Bertz CT molecular complexity index is 551. The van der Waals surface area contributed by atoms with E-state index in [9.17, 15) is 0 Å². The fourth-order valence-electron chi connectivity index (χ4n) is 2.10. The minimum absolute atomic E-state index is 0.0674. The Hall–Kier alpha value is -0.210. The van der Waals surface area contributed by atoms with Gasteiger partial charge >= 0.3 is 0 Å². The predicted molar refractivity (Wildman–Crippen MR) is 76.8 cm³/mol. The molecule has 3 rings (SSSR count). The molecule has 2 aromatic heterocycles. The second-order valence-corrected chi connectivity index (χ2v) is 5.89. The molecule has 0 radical (unpaired) electrons. The van der Waals surface area contributed by atoms with Crippen molar-refractivity contribution in [2.24, 2.45) is 0 Å². The summed E-state index contributed by atoms with van der Waals surface area (Å²) in [7, 11) is 0. The molecule has 0 aliphatic carbocycles. The third-order valence-electron chi connectivity index (χ3n) is 2.91. The average Bonchev–Trinajstić information content (AvgIpc) is 2.68. The number of ether oxygens (including phenoxy) is 1. The first-order valence-electron chi connectivity index (χ1n) is 5.57. The summed E-state index contributed by atoms with van der Waals surface area (Å²) >= 11 is 5.61. The number of aromatic nitrogens is 3. The van der Waals surface area contributed by atoms with Crippen molar-refractivity contribution in [3.8, 4) is 0 Å². The van der Waals surface area contributed by atoms with Gasteiger partial charge in [0.15, 0.2) is 6.23 Å². The highest BCUT2D eigenvalue weighted by Gasteiger charge is 2.20. The van der Waals surface area contributed by atoms with Crippen molar-refractivity contribution in [3.63, 3.8) is 0 Å². The Morgan fingerprint density at radius 2 is 2.29 bits per heavy atom. The largest absolute Gasteiger partial charge is 0.356 e. The fraction of sp³-hybridized carbons (Fsp3) is 0.455. The quantitative estimate of drug-likeness (QED) is 0.536. The smallest absolute Gasteiger partial charge is 0.150 e. The van der Waals surface area contributed by atoms with Crippen LogP contribution in [0.4, 0.5) is 0 Å². The van der Waals surface area contributed by atoms with E-state index in [1.807, 2.05) is 16.8 Å². The maximum atomic E-state index is 5.77. The zero-order valence-electron chi connectivity index (χ0n) is 9.07. The molecule has 0 bridgehead atoms. The molecule has 3 heterocycles. The Labute approximate surface area is 121 Å². The fourth-order valence-corrected chi connectivity index (χ4v) is 3.04. The lowest BCUT2D eigenvalue weighted by Crippen LogP contribution is -2.19. The average molecular weight is 408 g/mol. The van der Waals surface area contributed by atoms with E-state index < -0.39 is 0 Å². The Morgan fingerprint density at radius 1 is 1.41 bits per heavy atom. The Morgan fingerprint density at radius 3 is 3.06 bits per heavy atom. The van der Waals surface area contributed by atoms with Crippen molar-refractivity contribution in [3.05, 3.63) is 20.4 Å². The second-order valence-electron chi connectivity index (χ2n) is 4.06. The maximum absolute atomic E-state index is 5.77. The summed E-state index contributed by atoms with van der Waals surface area (Å²) in [6, 6.07) is 3.99. The van der Waals surface area contributed by atoms with Gasteiger partial charge in [-0.25, -0.2) is 9.67 Å². The van der Waals surface area contributed by atoms with Crippen LogP contribution in [0.25, 0.3) is 11.0 Å². The summed E-state index contributed by atoms with van der Waals surface area (Å²) in [5.41, 5.74) is 1.98. The highest BCUT2D eigenvalue weighted by molar-refractivity contribution is 14.1. The molecule has 1 fully saturated rings. The second kappa shape index (κ2) is 4.81. The van der Waals surface area contributed by atoms with Gasteiger partial charge in [-0.15, -0.1) is 0 Å². The summed E-state index contributed by atoms with van der Waals surface area (Å²) in [6.07, 6.45) is 3.45. The monoisotopic (exact) mass is 407 g/mol. The molecular formula is C11H11BrIN3O. The SMILES string of the molecule is Brc1ccc2c(n1)c(I)nn2C1CCCCO1. The van der Waals surface area contributed by atoms with Gasteiger partial charge in [-0.3, -0.25) is 0 Å². The van der Waals surface area contributed by atoms with Crippen LogP contribution in [0.3, 0.4) is 0 Å². The summed E-state index contributed by atoms with van der Waals surface area (Å²) in [4.78, 5) is 4.46. The first kappa shape index (κ1) is 11.9. The summed E-state index contributed by atoms with van der Waals surface area (Å²) in [6.45, 7) is 0.826. The lowest BCUT2D eigenvalue weighted by atomic mass is 10.2. The van der Waals surface area contributed by atoms with Gasteiger partial charge in [0.1, 0.15) is 13.8 Å². The molecule has 1 atom stereocenters. The van der Waals surface area contributed by atoms with Crippen LogP contribution in [0.15, 0.2) is 16.7 Å². The molecular weight excluding hydrogens is 397 g/mol. The molecule has 2 aromatic rings. The van der Waals surface area contributed by atoms with E-state index in [1.165, 1.54) is 6.42 Å². The van der Waals surface area contributed by atoms with Crippen LogP contribution in [0.5, 0.6) is 0 Å². The highest BCUT2D eigenvalue weighted by atomic mass is 127. The van der Waals surface area contributed by atoms with Gasteiger partial charge in [0.2, 0.25) is 0 Å². The molecule has 0 amide bonds. The molecule has 0 saturated carbocycles. The molecule has 0 spiro atoms. The third-order valence-corrected chi connectivity index (χ3v) is 4.07. The first-order valence-corrected chi connectivity index (χ1v) is 7.45. The van der Waals surface area contributed by atoms with E-state index in [4.69, 9.17) is 4.74 Å². The van der Waals surface area contributed by atoms with Crippen LogP contribution in [0.1, 0.15) is 25.5 Å². The summed E-state index contributed by atoms with van der Waals surface area (Å²) in [5.74, 6) is 0. The van der Waals surface area contributed by atoms with Crippen molar-refractivity contribution in [1.29, 1.82) is 0 Å². The molecule has 90 valence electrons. The van der Waals surface area contributed by atoms with Crippen LogP contribution < -0.4 is 0 Å². The third kappa shape index (κ3) is 2.22. The minimum atomic E-state index is 0.0674. The van der Waals surface area contributed by atoms with Gasteiger partial charge in [0.05, 0.1) is 5.52 Å². The van der Waals surface area contributed by atoms with E-state index in [-0.39, 0.29) is 6.23 Å². The van der Waals surface area contributed by atoms with Crippen LogP contribution in [0, 0.1) is 3.70 Å². The Balaban J connectivity index is 2.10. The zero-order valence-corrected chi connectivity index (χ0v) is 12.8. The number of halogens is 2. The first-order chi connectivity index (χ1) is 8.25. The molecule has 0 aromatic carbocycles. The minimum Gasteiger partial charge on any atom is -0.356 e. The van der Waals surface area contributed by atoms with E-state index in [0.717, 1.165) is 38.8 Å². The van der Waals surface area contributed by atoms with Crippen LogP contribution in [-0.2, 0) is 4.74 Å². The lowest BCUT2D eigenvalue weighted by Gasteiger charge is -2.23. The van der Waals surface area contributed by atoms with E-state index >= 15 is 0 Å². The van der Waals surface area contributed by atoms with Crippen LogP contribution >= 0.6 is 38.5 Å². The molecule has 1 saturated heterocycles. The standard InChI is InChI=1S/C11H11BrIN3O/c12-8-5-4-7-10(14-8)11(13)15-16(7)9-3-1-2-6-17-9/h4-5,9H,1-3,6H2. The van der Waals surface area contributed by atoms with Gasteiger partial charge in [-0.1, -0.05) is 0 Å². The van der Waals surface area contributed by atoms with Crippen molar-refractivity contribution < 1.29 is 4.74 Å². The number of fused-ring (bicyclic) bond motifs is 1. The topological polar surface area (TPSA) is 39.9 Å². The predicted octanol–water partition coefficient (Wildman–Crippen LogP) is 3.50. The number of hydrogen-bond donors (Lipinski definition) is 0. The van der Waals surface area contributed by atoms with Crippen molar-refractivity contribution >= 4 is 49.6 Å². The van der Waals surface area contributed by atoms with Crippen molar-refractivity contribution in [1.82, 2.24) is 14.8 Å². The zero-order chi connectivity index (χ0) is 11.8. The van der Waals surface area contributed by atoms with Crippen molar-refractivity contribution in [2.45, 2.75) is 25.5 Å². The van der Waals surface area contributed by atoms with Crippen LogP contribution in [0.2, 0.25) is 0 Å². The van der Waals surface area contributed by atoms with Crippen LogP contribution in [-0.4, -0.2) is 21.4 Å². The molecule has 1 unspecified atom stereocenters. The van der Waals surface area contributed by atoms with E-state index in [2.05, 4.69) is 48.6 Å². The molecule has 1 aliphatic rings. The van der Waals surface area contributed by atoms with E-state index in [0.29, 0.717) is 0 Å². The maximum Gasteiger partial charge on any atom is 0.150 e. The number of pyridine rings is 1. The highest BCUT2D eigenvalue weighted by Crippen LogP contribution is 2.28. The van der Waals surface area contributed by atoms with Gasteiger partial charge in [0.25, 0.3) is 0 Å². The van der Waals surface area contributed by atoms with E-state index in [1.54, 1.807) is 0 Å². The van der Waals surface area contributed by atoms with Gasteiger partial charge < -0.3 is 4.74 Å². The summed E-state index contributed by atoms with van der Waals surface area (Å²) < 4.78 is 9.51. The van der Waals surface area contributed by atoms with Gasteiger partial charge in [-0.2, -0.15) is 5.10 Å². The molecule has 4 nitrogen and oxygen atoms in total. The summed E-state index contributed by atoms with van der Waals surface area (Å²) in [5, 5.41) is 4.55. The molecule has 17 heavy (non-hydrogen) atoms. The number of nitrogens with zero attached hydrogens (tertiary/aromatic N) is 3. The number of hydrogen-bond acceptors (Lipinski definition) is 3. The lowest BCUT2D eigenvalue weighted by molar-refractivity contribution is -0.0368. The number of rotatable bonds is 1. The van der Waals surface area contributed by atoms with Crippen molar-refractivity contribution in [2.75, 3.05) is 6.61 Å².